The number of nitrogens with one attached hydrogen (secondary N) is 1. The zero-order valence-corrected chi connectivity index (χ0v) is 14.6. The van der Waals surface area contributed by atoms with E-state index >= 15 is 0 Å². The van der Waals surface area contributed by atoms with E-state index in [2.05, 4.69) is 9.71 Å². The van der Waals surface area contributed by atoms with E-state index < -0.39 is 15.6 Å². The number of sulfonamides is 1. The van der Waals surface area contributed by atoms with Crippen LogP contribution >= 0.6 is 0 Å². The first kappa shape index (κ1) is 17.1. The fraction of sp³-hybridized carbons (Fsp3) is 0.471. The largest absolute Gasteiger partial charge is 0.388 e. The second-order valence-electron chi connectivity index (χ2n) is 6.40. The summed E-state index contributed by atoms with van der Waals surface area (Å²) in [6.07, 6.45) is 8.47. The van der Waals surface area contributed by atoms with E-state index in [1.54, 1.807) is 30.5 Å². The smallest absolute Gasteiger partial charge is 0.240 e. The first-order chi connectivity index (χ1) is 11.4. The molecule has 2 N–H and O–H groups in total. The summed E-state index contributed by atoms with van der Waals surface area (Å²) in [6, 6.07) is 6.62. The quantitative estimate of drug-likeness (QED) is 0.866. The summed E-state index contributed by atoms with van der Waals surface area (Å²) in [5.41, 5.74) is 0.151. The highest BCUT2D eigenvalue weighted by atomic mass is 32.2. The maximum absolute atomic E-state index is 11.8. The molecule has 1 aromatic carbocycles. The minimum Gasteiger partial charge on any atom is -0.388 e. The van der Waals surface area contributed by atoms with Gasteiger partial charge in [0.25, 0.3) is 0 Å². The van der Waals surface area contributed by atoms with Crippen LogP contribution in [0.15, 0.2) is 41.6 Å². The van der Waals surface area contributed by atoms with Gasteiger partial charge in [-0.3, -0.25) is 0 Å². The van der Waals surface area contributed by atoms with Gasteiger partial charge in [0.05, 0.1) is 17.0 Å². The van der Waals surface area contributed by atoms with Crippen LogP contribution < -0.4 is 4.72 Å². The second-order valence-corrected chi connectivity index (χ2v) is 8.28. The lowest BCUT2D eigenvalue weighted by Gasteiger charge is -2.32. The first-order valence-electron chi connectivity index (χ1n) is 8.21. The standard InChI is InChI=1S/C17H23N3O3S/c1-18-24(22,23)15-7-5-14(6-8-15)16-19-11-12-20(16)13-17(21)9-3-2-4-10-17/h5-8,11-12,18,21H,2-4,9-10,13H2,1H3. The average molecular weight is 349 g/mol. The molecule has 1 heterocycles. The Kier molecular flexibility index (Phi) is 4.76. The molecule has 1 saturated carbocycles. The van der Waals surface area contributed by atoms with Crippen LogP contribution in [0.25, 0.3) is 11.4 Å². The number of benzene rings is 1. The molecule has 0 amide bonds. The SMILES string of the molecule is CNS(=O)(=O)c1ccc(-c2nccn2CC2(O)CCCCC2)cc1. The maximum Gasteiger partial charge on any atom is 0.240 e. The van der Waals surface area contributed by atoms with E-state index in [1.807, 2.05) is 10.8 Å². The third kappa shape index (κ3) is 3.53. The summed E-state index contributed by atoms with van der Waals surface area (Å²) in [5, 5.41) is 10.8. The molecule has 130 valence electrons. The van der Waals surface area contributed by atoms with Crippen LogP contribution in [0.1, 0.15) is 32.1 Å². The highest BCUT2D eigenvalue weighted by molar-refractivity contribution is 7.89. The monoisotopic (exact) mass is 349 g/mol. The second kappa shape index (κ2) is 6.66. The molecular weight excluding hydrogens is 326 g/mol. The minimum absolute atomic E-state index is 0.220. The molecule has 0 saturated heterocycles. The van der Waals surface area contributed by atoms with Gasteiger partial charge in [0.2, 0.25) is 10.0 Å². The van der Waals surface area contributed by atoms with Crippen molar-refractivity contribution in [2.24, 2.45) is 0 Å². The Balaban J connectivity index is 1.85. The van der Waals surface area contributed by atoms with Crippen molar-refractivity contribution >= 4 is 10.0 Å². The molecule has 0 unspecified atom stereocenters. The summed E-state index contributed by atoms with van der Waals surface area (Å²) in [7, 11) is -2.05. The van der Waals surface area contributed by atoms with E-state index in [0.717, 1.165) is 37.1 Å². The summed E-state index contributed by atoms with van der Waals surface area (Å²) in [4.78, 5) is 4.60. The van der Waals surface area contributed by atoms with E-state index in [0.29, 0.717) is 6.54 Å². The van der Waals surface area contributed by atoms with Crippen molar-refractivity contribution in [3.63, 3.8) is 0 Å². The van der Waals surface area contributed by atoms with Crippen LogP contribution in [0.5, 0.6) is 0 Å². The minimum atomic E-state index is -3.44. The molecule has 1 aromatic heterocycles. The lowest BCUT2D eigenvalue weighted by atomic mass is 9.85. The lowest BCUT2D eigenvalue weighted by molar-refractivity contribution is -0.0111. The van der Waals surface area contributed by atoms with Gasteiger partial charge >= 0.3 is 0 Å². The molecular formula is C17H23N3O3S. The molecule has 1 aliphatic carbocycles. The molecule has 0 radical (unpaired) electrons. The zero-order chi connectivity index (χ0) is 17.2. The van der Waals surface area contributed by atoms with Crippen molar-refractivity contribution in [3.8, 4) is 11.4 Å². The van der Waals surface area contributed by atoms with Crippen LogP contribution in [0.3, 0.4) is 0 Å². The Labute approximate surface area is 142 Å². The Morgan fingerprint density at radius 2 is 1.88 bits per heavy atom. The van der Waals surface area contributed by atoms with Gasteiger partial charge in [-0.2, -0.15) is 0 Å². The van der Waals surface area contributed by atoms with Gasteiger partial charge in [0.15, 0.2) is 0 Å². The van der Waals surface area contributed by atoms with Crippen LogP contribution in [0.4, 0.5) is 0 Å². The number of aromatic nitrogens is 2. The number of rotatable bonds is 5. The summed E-state index contributed by atoms with van der Waals surface area (Å²) >= 11 is 0. The highest BCUT2D eigenvalue weighted by Gasteiger charge is 2.30. The van der Waals surface area contributed by atoms with Crippen molar-refractivity contribution in [1.29, 1.82) is 0 Å². The Hall–Kier alpha value is -1.70. The van der Waals surface area contributed by atoms with Crippen LogP contribution in [-0.2, 0) is 16.6 Å². The third-order valence-corrected chi connectivity index (χ3v) is 6.09. The lowest BCUT2D eigenvalue weighted by Crippen LogP contribution is -2.36. The third-order valence-electron chi connectivity index (χ3n) is 4.66. The van der Waals surface area contributed by atoms with Crippen molar-refractivity contribution in [2.75, 3.05) is 7.05 Å². The molecule has 2 aromatic rings. The molecule has 1 fully saturated rings. The van der Waals surface area contributed by atoms with E-state index in [4.69, 9.17) is 0 Å². The van der Waals surface area contributed by atoms with Gasteiger partial charge in [-0.1, -0.05) is 19.3 Å². The topological polar surface area (TPSA) is 84.2 Å². The molecule has 1 aliphatic rings. The Bertz CT molecular complexity index is 791. The molecule has 6 nitrogen and oxygen atoms in total. The molecule has 0 atom stereocenters. The van der Waals surface area contributed by atoms with Gasteiger partial charge < -0.3 is 9.67 Å². The normalized spacial score (nSPS) is 17.8. The fourth-order valence-corrected chi connectivity index (χ4v) is 4.01. The number of hydrogen-bond acceptors (Lipinski definition) is 4. The Morgan fingerprint density at radius 3 is 2.50 bits per heavy atom. The average Bonchev–Trinajstić information content (AvgIpc) is 3.03. The van der Waals surface area contributed by atoms with Crippen LogP contribution in [0.2, 0.25) is 0 Å². The first-order valence-corrected chi connectivity index (χ1v) is 9.69. The molecule has 0 bridgehead atoms. The molecule has 0 spiro atoms. The van der Waals surface area contributed by atoms with Gasteiger partial charge in [0, 0.05) is 18.0 Å². The van der Waals surface area contributed by atoms with E-state index in [9.17, 15) is 13.5 Å². The number of hydrogen-bond donors (Lipinski definition) is 2. The van der Waals surface area contributed by atoms with Crippen molar-refractivity contribution in [3.05, 3.63) is 36.7 Å². The molecule has 7 heteroatoms. The number of imidazole rings is 1. The summed E-state index contributed by atoms with van der Waals surface area (Å²) in [5.74, 6) is 0.738. The maximum atomic E-state index is 11.8. The van der Waals surface area contributed by atoms with E-state index in [1.165, 1.54) is 13.5 Å². The van der Waals surface area contributed by atoms with Crippen molar-refractivity contribution in [1.82, 2.24) is 14.3 Å². The van der Waals surface area contributed by atoms with Gasteiger partial charge in [-0.05, 0) is 44.2 Å². The predicted molar refractivity (Wildman–Crippen MR) is 91.9 cm³/mol. The van der Waals surface area contributed by atoms with Gasteiger partial charge in [0.1, 0.15) is 5.82 Å². The summed E-state index contributed by atoms with van der Waals surface area (Å²) < 4.78 is 27.9. The molecule has 0 aliphatic heterocycles. The van der Waals surface area contributed by atoms with Crippen molar-refractivity contribution < 1.29 is 13.5 Å². The fourth-order valence-electron chi connectivity index (χ4n) is 3.28. The molecule has 3 rings (SSSR count). The van der Waals surface area contributed by atoms with Crippen LogP contribution in [-0.4, -0.2) is 35.7 Å². The summed E-state index contributed by atoms with van der Waals surface area (Å²) in [6.45, 7) is 0.513. The van der Waals surface area contributed by atoms with E-state index in [-0.39, 0.29) is 4.90 Å². The van der Waals surface area contributed by atoms with Crippen molar-refractivity contribution in [2.45, 2.75) is 49.1 Å². The number of aliphatic hydroxyl groups is 1. The zero-order valence-electron chi connectivity index (χ0n) is 13.8. The van der Waals surface area contributed by atoms with Crippen LogP contribution in [0, 0.1) is 0 Å². The van der Waals surface area contributed by atoms with Gasteiger partial charge in [-0.15, -0.1) is 0 Å². The Morgan fingerprint density at radius 1 is 1.21 bits per heavy atom. The highest BCUT2D eigenvalue weighted by Crippen LogP contribution is 2.31. The predicted octanol–water partition coefficient (Wildman–Crippen LogP) is 2.15. The molecule has 24 heavy (non-hydrogen) atoms. The van der Waals surface area contributed by atoms with Gasteiger partial charge in [-0.25, -0.2) is 18.1 Å². The number of nitrogens with zero attached hydrogens (tertiary/aromatic N) is 2.